The topological polar surface area (TPSA) is 71.3 Å². The second-order valence-corrected chi connectivity index (χ2v) is 9.05. The van der Waals surface area contributed by atoms with E-state index in [1.54, 1.807) is 9.80 Å². The van der Waals surface area contributed by atoms with Crippen molar-refractivity contribution in [1.29, 1.82) is 0 Å². The van der Waals surface area contributed by atoms with Gasteiger partial charge in [-0.3, -0.25) is 9.59 Å². The number of piperazine rings is 1. The highest BCUT2D eigenvalue weighted by molar-refractivity contribution is 5.96. The summed E-state index contributed by atoms with van der Waals surface area (Å²) in [6.07, 6.45) is -1.39. The molecule has 3 heterocycles. The summed E-state index contributed by atoms with van der Waals surface area (Å²) in [5, 5.41) is 4.27. The summed E-state index contributed by atoms with van der Waals surface area (Å²) < 4.78 is 40.2. The van der Waals surface area contributed by atoms with Crippen LogP contribution in [0.1, 0.15) is 64.2 Å². The summed E-state index contributed by atoms with van der Waals surface area (Å²) in [5.74, 6) is -0.218. The van der Waals surface area contributed by atoms with Crippen molar-refractivity contribution in [1.82, 2.24) is 24.6 Å². The highest BCUT2D eigenvalue weighted by atomic mass is 19.4. The van der Waals surface area contributed by atoms with E-state index in [1.165, 1.54) is 16.9 Å². The average Bonchev–Trinajstić information content (AvgIpc) is 3.33. The Morgan fingerprint density at radius 2 is 1.53 bits per heavy atom. The van der Waals surface area contributed by atoms with Crippen LogP contribution in [0, 0.1) is 0 Å². The summed E-state index contributed by atoms with van der Waals surface area (Å²) in [6, 6.07) is 9.75. The van der Waals surface area contributed by atoms with Crippen LogP contribution in [0.2, 0.25) is 0 Å². The summed E-state index contributed by atoms with van der Waals surface area (Å²) in [4.78, 5) is 33.6. The fourth-order valence-electron chi connectivity index (χ4n) is 4.29. The molecule has 1 aromatic carbocycles. The van der Waals surface area contributed by atoms with Gasteiger partial charge in [0.15, 0.2) is 5.82 Å². The van der Waals surface area contributed by atoms with Crippen molar-refractivity contribution in [3.05, 3.63) is 76.7 Å². The quantitative estimate of drug-likeness (QED) is 0.516. The molecule has 0 saturated carbocycles. The molecular formula is C26H28F3N5O2. The Bertz CT molecular complexity index is 1230. The Labute approximate surface area is 207 Å². The van der Waals surface area contributed by atoms with Gasteiger partial charge in [-0.25, -0.2) is 9.67 Å². The molecule has 0 atom stereocenters. The SMILES string of the molecule is CCc1ccc(C(=O)N2CCN(C(=O)c3cnn(-c4ccc(C(F)(F)F)cn4)c3C(C)C)CC2)cc1. The van der Waals surface area contributed by atoms with Gasteiger partial charge in [0.05, 0.1) is 23.0 Å². The van der Waals surface area contributed by atoms with Crippen LogP contribution in [0.5, 0.6) is 0 Å². The molecule has 7 nitrogen and oxygen atoms in total. The number of halogens is 3. The number of hydrogen-bond acceptors (Lipinski definition) is 4. The number of aromatic nitrogens is 3. The lowest BCUT2D eigenvalue weighted by Gasteiger charge is -2.35. The molecule has 2 aromatic heterocycles. The third-order valence-electron chi connectivity index (χ3n) is 6.34. The fourth-order valence-corrected chi connectivity index (χ4v) is 4.29. The number of alkyl halides is 3. The van der Waals surface area contributed by atoms with Gasteiger partial charge in [-0.15, -0.1) is 0 Å². The van der Waals surface area contributed by atoms with Crippen molar-refractivity contribution in [2.45, 2.75) is 39.3 Å². The Kier molecular flexibility index (Phi) is 7.14. The molecule has 4 rings (SSSR count). The van der Waals surface area contributed by atoms with Crippen LogP contribution in [0.25, 0.3) is 5.82 Å². The number of carbonyl (C=O) groups is 2. The zero-order chi connectivity index (χ0) is 26.0. The first kappa shape index (κ1) is 25.4. The maximum absolute atomic E-state index is 13.4. The van der Waals surface area contributed by atoms with Gasteiger partial charge in [0.1, 0.15) is 0 Å². The Morgan fingerprint density at radius 3 is 2.03 bits per heavy atom. The normalized spacial score (nSPS) is 14.4. The van der Waals surface area contributed by atoms with E-state index in [9.17, 15) is 22.8 Å². The number of nitrogens with zero attached hydrogens (tertiary/aromatic N) is 5. The molecule has 36 heavy (non-hydrogen) atoms. The lowest BCUT2D eigenvalue weighted by Crippen LogP contribution is -2.50. The van der Waals surface area contributed by atoms with Crippen molar-refractivity contribution >= 4 is 11.8 Å². The van der Waals surface area contributed by atoms with Gasteiger partial charge in [-0.1, -0.05) is 32.9 Å². The molecule has 190 valence electrons. The van der Waals surface area contributed by atoms with Gasteiger partial charge in [-0.2, -0.15) is 18.3 Å². The van der Waals surface area contributed by atoms with E-state index in [0.29, 0.717) is 43.0 Å². The second-order valence-electron chi connectivity index (χ2n) is 9.05. The summed E-state index contributed by atoms with van der Waals surface area (Å²) in [5.41, 5.74) is 1.88. The van der Waals surface area contributed by atoms with Crippen LogP contribution >= 0.6 is 0 Å². The summed E-state index contributed by atoms with van der Waals surface area (Å²) >= 11 is 0. The molecule has 10 heteroatoms. The highest BCUT2D eigenvalue weighted by Gasteiger charge is 2.32. The van der Waals surface area contributed by atoms with Crippen LogP contribution < -0.4 is 0 Å². The van der Waals surface area contributed by atoms with Crippen molar-refractivity contribution in [2.75, 3.05) is 26.2 Å². The van der Waals surface area contributed by atoms with Crippen LogP contribution in [0.3, 0.4) is 0 Å². The molecular weight excluding hydrogens is 471 g/mol. The Balaban J connectivity index is 1.48. The van der Waals surface area contributed by atoms with E-state index < -0.39 is 11.7 Å². The number of pyridine rings is 1. The van der Waals surface area contributed by atoms with Crippen molar-refractivity contribution in [3.63, 3.8) is 0 Å². The van der Waals surface area contributed by atoms with E-state index in [1.807, 2.05) is 38.1 Å². The highest BCUT2D eigenvalue weighted by Crippen LogP contribution is 2.30. The third kappa shape index (κ3) is 5.12. The fraction of sp³-hybridized carbons (Fsp3) is 0.385. The smallest absolute Gasteiger partial charge is 0.335 e. The predicted octanol–water partition coefficient (Wildman–Crippen LogP) is 4.57. The standard InChI is InChI=1S/C26H28F3N5O2/c1-4-18-5-7-19(8-6-18)24(35)32-11-13-33(14-12-32)25(36)21-16-31-34(23(21)17(2)3)22-10-9-20(15-30-22)26(27,28)29/h5-10,15-17H,4,11-14H2,1-3H3. The minimum atomic E-state index is -4.49. The van der Waals surface area contributed by atoms with Gasteiger partial charge in [0.2, 0.25) is 0 Å². The molecule has 1 aliphatic rings. The Morgan fingerprint density at radius 1 is 0.917 bits per heavy atom. The van der Waals surface area contributed by atoms with Crippen LogP contribution in [-0.2, 0) is 12.6 Å². The Hall–Kier alpha value is -3.69. The minimum absolute atomic E-state index is 0.0613. The molecule has 0 N–H and O–H groups in total. The number of rotatable bonds is 5. The predicted molar refractivity (Wildman–Crippen MR) is 128 cm³/mol. The number of aryl methyl sites for hydroxylation is 1. The van der Waals surface area contributed by atoms with Gasteiger partial charge in [0, 0.05) is 37.9 Å². The van der Waals surface area contributed by atoms with Crippen LogP contribution in [0.4, 0.5) is 13.2 Å². The molecule has 1 aliphatic heterocycles. The number of hydrogen-bond donors (Lipinski definition) is 0. The second kappa shape index (κ2) is 10.1. The largest absolute Gasteiger partial charge is 0.417 e. The molecule has 0 aliphatic carbocycles. The number of benzene rings is 1. The van der Waals surface area contributed by atoms with E-state index >= 15 is 0 Å². The lowest BCUT2D eigenvalue weighted by atomic mass is 10.0. The minimum Gasteiger partial charge on any atom is -0.335 e. The van der Waals surface area contributed by atoms with E-state index in [0.717, 1.165) is 24.2 Å². The first-order valence-electron chi connectivity index (χ1n) is 11.9. The summed E-state index contributed by atoms with van der Waals surface area (Å²) in [6.45, 7) is 7.39. The van der Waals surface area contributed by atoms with Crippen molar-refractivity contribution in [3.8, 4) is 5.82 Å². The molecule has 0 bridgehead atoms. The molecule has 0 spiro atoms. The van der Waals surface area contributed by atoms with E-state index in [2.05, 4.69) is 17.0 Å². The molecule has 1 saturated heterocycles. The number of amides is 2. The van der Waals surface area contributed by atoms with Crippen molar-refractivity contribution < 1.29 is 22.8 Å². The van der Waals surface area contributed by atoms with Gasteiger partial charge >= 0.3 is 6.18 Å². The zero-order valence-electron chi connectivity index (χ0n) is 20.4. The molecule has 2 amide bonds. The van der Waals surface area contributed by atoms with Gasteiger partial charge < -0.3 is 9.80 Å². The van der Waals surface area contributed by atoms with Gasteiger partial charge in [0.25, 0.3) is 11.8 Å². The third-order valence-corrected chi connectivity index (χ3v) is 6.34. The summed E-state index contributed by atoms with van der Waals surface area (Å²) in [7, 11) is 0. The maximum Gasteiger partial charge on any atom is 0.417 e. The molecule has 0 radical (unpaired) electrons. The molecule has 1 fully saturated rings. The van der Waals surface area contributed by atoms with Crippen LogP contribution in [-0.4, -0.2) is 62.6 Å². The first-order chi connectivity index (χ1) is 17.1. The molecule has 3 aromatic rings. The zero-order valence-corrected chi connectivity index (χ0v) is 20.4. The van der Waals surface area contributed by atoms with E-state index in [-0.39, 0.29) is 23.6 Å². The van der Waals surface area contributed by atoms with Gasteiger partial charge in [-0.05, 0) is 42.2 Å². The maximum atomic E-state index is 13.4. The average molecular weight is 500 g/mol. The van der Waals surface area contributed by atoms with Crippen molar-refractivity contribution in [2.24, 2.45) is 0 Å². The first-order valence-corrected chi connectivity index (χ1v) is 11.9. The van der Waals surface area contributed by atoms with Crippen LogP contribution in [0.15, 0.2) is 48.8 Å². The molecule has 0 unspecified atom stereocenters. The number of carbonyl (C=O) groups excluding carboxylic acids is 2. The van der Waals surface area contributed by atoms with E-state index in [4.69, 9.17) is 0 Å². The lowest BCUT2D eigenvalue weighted by molar-refractivity contribution is -0.137. The monoisotopic (exact) mass is 499 g/mol.